The summed E-state index contributed by atoms with van der Waals surface area (Å²) in [5.41, 5.74) is 2.42. The molecule has 3 nitrogen and oxygen atoms in total. The Labute approximate surface area is 103 Å². The van der Waals surface area contributed by atoms with Crippen LogP contribution in [0, 0.1) is 0 Å². The van der Waals surface area contributed by atoms with Crippen LogP contribution in [-0.4, -0.2) is 22.4 Å². The van der Waals surface area contributed by atoms with Crippen molar-refractivity contribution in [2.75, 3.05) is 6.54 Å². The van der Waals surface area contributed by atoms with E-state index in [0.717, 1.165) is 19.4 Å². The van der Waals surface area contributed by atoms with Gasteiger partial charge in [-0.25, -0.2) is 0 Å². The van der Waals surface area contributed by atoms with Crippen molar-refractivity contribution in [2.45, 2.75) is 32.7 Å². The molecule has 1 heterocycles. The minimum atomic E-state index is 0.526. The van der Waals surface area contributed by atoms with Crippen LogP contribution in [0.15, 0.2) is 24.3 Å². The lowest BCUT2D eigenvalue weighted by Crippen LogP contribution is -2.30. The van der Waals surface area contributed by atoms with Gasteiger partial charge in [-0.05, 0) is 19.0 Å². The molecule has 2 rings (SSSR count). The monoisotopic (exact) mass is 231 g/mol. The molecule has 0 saturated heterocycles. The highest BCUT2D eigenvalue weighted by molar-refractivity contribution is 5.81. The number of rotatable bonds is 5. The fourth-order valence-electron chi connectivity index (χ4n) is 2.32. The normalized spacial score (nSPS) is 13.1. The quantitative estimate of drug-likeness (QED) is 0.857. The van der Waals surface area contributed by atoms with Crippen LogP contribution in [0.2, 0.25) is 0 Å². The first-order chi connectivity index (χ1) is 8.26. The molecular formula is C14H21N3. The average Bonchev–Trinajstić information content (AvgIpc) is 2.66. The van der Waals surface area contributed by atoms with Crippen molar-refractivity contribution >= 4 is 10.9 Å². The van der Waals surface area contributed by atoms with E-state index in [1.807, 2.05) is 11.7 Å². The summed E-state index contributed by atoms with van der Waals surface area (Å²) in [5.74, 6) is 0. The highest BCUT2D eigenvalue weighted by Crippen LogP contribution is 2.19. The molecule has 1 aromatic heterocycles. The van der Waals surface area contributed by atoms with E-state index in [-0.39, 0.29) is 0 Å². The number of aryl methyl sites for hydroxylation is 1. The van der Waals surface area contributed by atoms with E-state index in [0.29, 0.717) is 6.04 Å². The lowest BCUT2D eigenvalue weighted by atomic mass is 10.1. The number of nitrogens with one attached hydrogen (secondary N) is 1. The van der Waals surface area contributed by atoms with Crippen LogP contribution in [0.1, 0.15) is 26.0 Å². The standard InChI is InChI=1S/C14H21N3/c1-4-11(15-5-2)10-13-12-8-6-7-9-14(12)17(3)16-13/h6-9,11,15H,4-5,10H2,1-3H3. The molecule has 1 unspecified atom stereocenters. The van der Waals surface area contributed by atoms with Crippen molar-refractivity contribution < 1.29 is 0 Å². The van der Waals surface area contributed by atoms with Crippen LogP contribution in [0.4, 0.5) is 0 Å². The Kier molecular flexibility index (Phi) is 3.79. The fourth-order valence-corrected chi connectivity index (χ4v) is 2.32. The van der Waals surface area contributed by atoms with Crippen molar-refractivity contribution in [2.24, 2.45) is 7.05 Å². The van der Waals surface area contributed by atoms with Crippen LogP contribution in [-0.2, 0) is 13.5 Å². The van der Waals surface area contributed by atoms with Crippen molar-refractivity contribution in [1.82, 2.24) is 15.1 Å². The molecule has 0 bridgehead atoms. The van der Waals surface area contributed by atoms with Gasteiger partial charge < -0.3 is 5.32 Å². The molecule has 0 fully saturated rings. The zero-order chi connectivity index (χ0) is 12.3. The number of hydrogen-bond acceptors (Lipinski definition) is 2. The molecule has 92 valence electrons. The minimum Gasteiger partial charge on any atom is -0.314 e. The van der Waals surface area contributed by atoms with E-state index in [1.54, 1.807) is 0 Å². The van der Waals surface area contributed by atoms with Crippen molar-refractivity contribution in [1.29, 1.82) is 0 Å². The second kappa shape index (κ2) is 5.32. The Morgan fingerprint density at radius 1 is 1.29 bits per heavy atom. The summed E-state index contributed by atoms with van der Waals surface area (Å²) in [6.07, 6.45) is 2.14. The van der Waals surface area contributed by atoms with Gasteiger partial charge in [0, 0.05) is 24.9 Å². The number of aromatic nitrogens is 2. The first-order valence-electron chi connectivity index (χ1n) is 6.40. The smallest absolute Gasteiger partial charge is 0.0718 e. The maximum absolute atomic E-state index is 4.64. The minimum absolute atomic E-state index is 0.526. The lowest BCUT2D eigenvalue weighted by Gasteiger charge is -2.14. The molecule has 0 aliphatic rings. The number of benzene rings is 1. The predicted octanol–water partition coefficient (Wildman–Crippen LogP) is 2.50. The summed E-state index contributed by atoms with van der Waals surface area (Å²) >= 11 is 0. The maximum Gasteiger partial charge on any atom is 0.0718 e. The van der Waals surface area contributed by atoms with Gasteiger partial charge in [-0.1, -0.05) is 32.0 Å². The van der Waals surface area contributed by atoms with Gasteiger partial charge in [-0.3, -0.25) is 4.68 Å². The van der Waals surface area contributed by atoms with Gasteiger partial charge >= 0.3 is 0 Å². The number of hydrogen-bond donors (Lipinski definition) is 1. The fraction of sp³-hybridized carbons (Fsp3) is 0.500. The molecule has 17 heavy (non-hydrogen) atoms. The molecule has 0 aliphatic heterocycles. The maximum atomic E-state index is 4.64. The molecule has 1 aromatic carbocycles. The second-order valence-corrected chi connectivity index (χ2v) is 4.45. The SMILES string of the molecule is CCNC(CC)Cc1nn(C)c2ccccc12. The van der Waals surface area contributed by atoms with Crippen LogP contribution >= 0.6 is 0 Å². The van der Waals surface area contributed by atoms with Crippen LogP contribution in [0.25, 0.3) is 10.9 Å². The molecule has 0 aliphatic carbocycles. The van der Waals surface area contributed by atoms with Gasteiger partial charge in [0.05, 0.1) is 11.2 Å². The molecule has 1 atom stereocenters. The average molecular weight is 231 g/mol. The van der Waals surface area contributed by atoms with Crippen LogP contribution < -0.4 is 5.32 Å². The third-order valence-electron chi connectivity index (χ3n) is 3.26. The molecule has 3 heteroatoms. The first-order valence-corrected chi connectivity index (χ1v) is 6.40. The van der Waals surface area contributed by atoms with E-state index in [9.17, 15) is 0 Å². The summed E-state index contributed by atoms with van der Waals surface area (Å²) in [6.45, 7) is 5.39. The zero-order valence-electron chi connectivity index (χ0n) is 10.9. The van der Waals surface area contributed by atoms with Crippen LogP contribution in [0.5, 0.6) is 0 Å². The van der Waals surface area contributed by atoms with Gasteiger partial charge in [0.15, 0.2) is 0 Å². The van der Waals surface area contributed by atoms with E-state index in [1.165, 1.54) is 16.6 Å². The predicted molar refractivity (Wildman–Crippen MR) is 72.2 cm³/mol. The Balaban J connectivity index is 2.29. The number of nitrogens with zero attached hydrogens (tertiary/aromatic N) is 2. The van der Waals surface area contributed by atoms with E-state index in [4.69, 9.17) is 0 Å². The largest absolute Gasteiger partial charge is 0.314 e. The van der Waals surface area contributed by atoms with E-state index in [2.05, 4.69) is 48.5 Å². The van der Waals surface area contributed by atoms with Crippen molar-refractivity contribution in [3.05, 3.63) is 30.0 Å². The molecule has 0 saturated carbocycles. The topological polar surface area (TPSA) is 29.9 Å². The Morgan fingerprint density at radius 3 is 2.76 bits per heavy atom. The summed E-state index contributed by atoms with van der Waals surface area (Å²) < 4.78 is 1.98. The molecule has 0 amide bonds. The van der Waals surface area contributed by atoms with Gasteiger partial charge in [0.2, 0.25) is 0 Å². The van der Waals surface area contributed by atoms with Crippen molar-refractivity contribution in [3.8, 4) is 0 Å². The van der Waals surface area contributed by atoms with Crippen molar-refractivity contribution in [3.63, 3.8) is 0 Å². The second-order valence-electron chi connectivity index (χ2n) is 4.45. The number of fused-ring (bicyclic) bond motifs is 1. The molecule has 2 aromatic rings. The van der Waals surface area contributed by atoms with Gasteiger partial charge in [-0.15, -0.1) is 0 Å². The van der Waals surface area contributed by atoms with Gasteiger partial charge in [0.25, 0.3) is 0 Å². The highest BCUT2D eigenvalue weighted by Gasteiger charge is 2.12. The summed E-state index contributed by atoms with van der Waals surface area (Å²) in [5, 5.41) is 9.43. The first kappa shape index (κ1) is 12.1. The molecule has 0 spiro atoms. The number of likely N-dealkylation sites (N-methyl/N-ethyl adjacent to an activating group) is 1. The summed E-state index contributed by atoms with van der Waals surface area (Å²) in [6, 6.07) is 8.96. The number of para-hydroxylation sites is 1. The molecule has 1 N–H and O–H groups in total. The van der Waals surface area contributed by atoms with Crippen LogP contribution in [0.3, 0.4) is 0 Å². The van der Waals surface area contributed by atoms with E-state index >= 15 is 0 Å². The summed E-state index contributed by atoms with van der Waals surface area (Å²) in [4.78, 5) is 0. The van der Waals surface area contributed by atoms with Gasteiger partial charge in [-0.2, -0.15) is 5.10 Å². The lowest BCUT2D eigenvalue weighted by molar-refractivity contribution is 0.504. The third-order valence-corrected chi connectivity index (χ3v) is 3.26. The molecular weight excluding hydrogens is 210 g/mol. The Bertz CT molecular complexity index is 487. The zero-order valence-corrected chi connectivity index (χ0v) is 10.9. The Hall–Kier alpha value is -1.35. The summed E-state index contributed by atoms with van der Waals surface area (Å²) in [7, 11) is 2.01. The van der Waals surface area contributed by atoms with E-state index < -0.39 is 0 Å². The highest BCUT2D eigenvalue weighted by atomic mass is 15.3. The Morgan fingerprint density at radius 2 is 2.06 bits per heavy atom. The third kappa shape index (κ3) is 2.50. The van der Waals surface area contributed by atoms with Gasteiger partial charge in [0.1, 0.15) is 0 Å². The molecule has 0 radical (unpaired) electrons.